The van der Waals surface area contributed by atoms with E-state index in [9.17, 15) is 4.79 Å². The number of fused-ring (bicyclic) bond motifs is 1. The maximum Gasteiger partial charge on any atom is 0.262 e. The largest absolute Gasteiger partial charge is 0.484 e. The van der Waals surface area contributed by atoms with E-state index in [1.807, 2.05) is 30.3 Å². The first kappa shape index (κ1) is 22.2. The van der Waals surface area contributed by atoms with Crippen molar-refractivity contribution in [1.82, 2.24) is 4.98 Å². The number of oxazole rings is 1. The minimum absolute atomic E-state index is 0.0482. The molecular formula is C29H30N2O3. The SMILES string of the molecule is Cc1cc(C)cc(-c2nc3cc(NC(=O)COc4ccc(C5CCCCC5)cc4)ccc3o2)c1. The molecule has 0 spiro atoms. The molecule has 174 valence electrons. The molecule has 5 rings (SSSR count). The summed E-state index contributed by atoms with van der Waals surface area (Å²) in [5, 5.41) is 2.89. The molecule has 4 aromatic rings. The summed E-state index contributed by atoms with van der Waals surface area (Å²) in [4.78, 5) is 17.1. The Morgan fingerprint density at radius 1 is 0.971 bits per heavy atom. The monoisotopic (exact) mass is 454 g/mol. The van der Waals surface area contributed by atoms with E-state index < -0.39 is 0 Å². The van der Waals surface area contributed by atoms with E-state index in [1.165, 1.54) is 37.7 Å². The van der Waals surface area contributed by atoms with Crippen molar-refractivity contribution in [1.29, 1.82) is 0 Å². The summed E-state index contributed by atoms with van der Waals surface area (Å²) in [7, 11) is 0. The van der Waals surface area contributed by atoms with Gasteiger partial charge in [-0.15, -0.1) is 0 Å². The predicted molar refractivity (Wildman–Crippen MR) is 135 cm³/mol. The van der Waals surface area contributed by atoms with Crippen LogP contribution >= 0.6 is 0 Å². The highest BCUT2D eigenvalue weighted by Crippen LogP contribution is 2.33. The second-order valence-electron chi connectivity index (χ2n) is 9.32. The van der Waals surface area contributed by atoms with Crippen LogP contribution in [0.1, 0.15) is 54.7 Å². The lowest BCUT2D eigenvalue weighted by Gasteiger charge is -2.22. The van der Waals surface area contributed by atoms with Gasteiger partial charge >= 0.3 is 0 Å². The van der Waals surface area contributed by atoms with E-state index in [0.717, 1.165) is 16.7 Å². The Bertz CT molecular complexity index is 1280. The number of anilines is 1. The van der Waals surface area contributed by atoms with Gasteiger partial charge in [0.1, 0.15) is 11.3 Å². The number of ether oxygens (including phenoxy) is 1. The standard InChI is InChI=1S/C29H30N2O3/c1-19-14-20(2)16-23(15-19)29-31-26-17-24(10-13-27(26)34-29)30-28(32)18-33-25-11-8-22(9-12-25)21-6-4-3-5-7-21/h8-17,21H,3-7,18H2,1-2H3,(H,30,32). The van der Waals surface area contributed by atoms with Gasteiger partial charge in [0.05, 0.1) is 0 Å². The number of nitrogens with one attached hydrogen (secondary N) is 1. The van der Waals surface area contributed by atoms with Crippen LogP contribution in [0.5, 0.6) is 5.75 Å². The molecule has 1 amide bonds. The highest BCUT2D eigenvalue weighted by Gasteiger charge is 2.15. The van der Waals surface area contributed by atoms with Crippen LogP contribution in [-0.2, 0) is 4.79 Å². The van der Waals surface area contributed by atoms with Crippen molar-refractivity contribution >= 4 is 22.7 Å². The topological polar surface area (TPSA) is 64.4 Å². The quantitative estimate of drug-likeness (QED) is 0.335. The van der Waals surface area contributed by atoms with Crippen LogP contribution in [0, 0.1) is 13.8 Å². The Hall–Kier alpha value is -3.60. The van der Waals surface area contributed by atoms with Crippen molar-refractivity contribution in [2.24, 2.45) is 0 Å². The molecule has 1 aromatic heterocycles. The lowest BCUT2D eigenvalue weighted by molar-refractivity contribution is -0.118. The highest BCUT2D eigenvalue weighted by atomic mass is 16.5. The van der Waals surface area contributed by atoms with Gasteiger partial charge in [-0.3, -0.25) is 4.79 Å². The minimum atomic E-state index is -0.214. The van der Waals surface area contributed by atoms with E-state index in [4.69, 9.17) is 9.15 Å². The first-order valence-corrected chi connectivity index (χ1v) is 12.1. The zero-order valence-electron chi connectivity index (χ0n) is 19.8. The molecule has 0 bridgehead atoms. The van der Waals surface area contributed by atoms with Gasteiger partial charge in [0.2, 0.25) is 5.89 Å². The summed E-state index contributed by atoms with van der Waals surface area (Å²) in [5.41, 5.74) is 6.68. The summed E-state index contributed by atoms with van der Waals surface area (Å²) in [6, 6.07) is 19.9. The third-order valence-corrected chi connectivity index (χ3v) is 6.47. The van der Waals surface area contributed by atoms with E-state index in [1.54, 1.807) is 0 Å². The van der Waals surface area contributed by atoms with E-state index >= 15 is 0 Å². The van der Waals surface area contributed by atoms with Gasteiger partial charge in [0.25, 0.3) is 5.91 Å². The fraction of sp³-hybridized carbons (Fsp3) is 0.310. The molecule has 1 aliphatic rings. The van der Waals surface area contributed by atoms with Gasteiger partial charge < -0.3 is 14.5 Å². The zero-order chi connectivity index (χ0) is 23.5. The fourth-order valence-electron chi connectivity index (χ4n) is 4.84. The predicted octanol–water partition coefficient (Wildman–Crippen LogP) is 7.18. The Kier molecular flexibility index (Phi) is 6.35. The minimum Gasteiger partial charge on any atom is -0.484 e. The van der Waals surface area contributed by atoms with Crippen molar-refractivity contribution < 1.29 is 13.9 Å². The van der Waals surface area contributed by atoms with E-state index in [-0.39, 0.29) is 12.5 Å². The van der Waals surface area contributed by atoms with Gasteiger partial charge in [-0.25, -0.2) is 4.98 Å². The third kappa shape index (κ3) is 5.14. The van der Waals surface area contributed by atoms with Gasteiger partial charge in [-0.2, -0.15) is 0 Å². The lowest BCUT2D eigenvalue weighted by atomic mass is 9.84. The zero-order valence-corrected chi connectivity index (χ0v) is 19.8. The molecule has 0 atom stereocenters. The molecule has 1 heterocycles. The average Bonchev–Trinajstić information content (AvgIpc) is 3.27. The summed E-state index contributed by atoms with van der Waals surface area (Å²) in [5.74, 6) is 1.73. The Morgan fingerprint density at radius 2 is 1.71 bits per heavy atom. The number of amides is 1. The number of benzene rings is 3. The molecule has 0 unspecified atom stereocenters. The number of carbonyl (C=O) groups is 1. The number of carbonyl (C=O) groups excluding carboxylic acids is 1. The molecule has 1 saturated carbocycles. The van der Waals surface area contributed by atoms with Gasteiger partial charge in [0.15, 0.2) is 12.2 Å². The molecule has 0 aliphatic heterocycles. The number of hydrogen-bond acceptors (Lipinski definition) is 4. The molecule has 0 radical (unpaired) electrons. The first-order chi connectivity index (χ1) is 16.5. The van der Waals surface area contributed by atoms with Crippen molar-refractivity contribution in [2.75, 3.05) is 11.9 Å². The van der Waals surface area contributed by atoms with Crippen molar-refractivity contribution in [3.63, 3.8) is 0 Å². The molecule has 1 fully saturated rings. The van der Waals surface area contributed by atoms with E-state index in [0.29, 0.717) is 34.3 Å². The Balaban J connectivity index is 1.20. The van der Waals surface area contributed by atoms with Crippen molar-refractivity contribution in [3.8, 4) is 17.2 Å². The summed E-state index contributed by atoms with van der Waals surface area (Å²) >= 11 is 0. The van der Waals surface area contributed by atoms with Crippen LogP contribution in [0.25, 0.3) is 22.6 Å². The van der Waals surface area contributed by atoms with Crippen LogP contribution < -0.4 is 10.1 Å². The molecule has 5 nitrogen and oxygen atoms in total. The molecule has 1 N–H and O–H groups in total. The maximum atomic E-state index is 12.5. The number of rotatable bonds is 6. The normalized spacial score (nSPS) is 14.3. The van der Waals surface area contributed by atoms with Crippen molar-refractivity contribution in [2.45, 2.75) is 51.9 Å². The fourth-order valence-corrected chi connectivity index (χ4v) is 4.84. The lowest BCUT2D eigenvalue weighted by Crippen LogP contribution is -2.20. The second kappa shape index (κ2) is 9.72. The van der Waals surface area contributed by atoms with Crippen LogP contribution in [0.15, 0.2) is 65.1 Å². The number of aromatic nitrogens is 1. The second-order valence-corrected chi connectivity index (χ2v) is 9.32. The summed E-state index contributed by atoms with van der Waals surface area (Å²) in [6.07, 6.45) is 6.52. The van der Waals surface area contributed by atoms with Crippen LogP contribution in [0.3, 0.4) is 0 Å². The molecule has 5 heteroatoms. The molecule has 1 aliphatic carbocycles. The highest BCUT2D eigenvalue weighted by molar-refractivity contribution is 5.94. The smallest absolute Gasteiger partial charge is 0.262 e. The number of nitrogens with zero attached hydrogens (tertiary/aromatic N) is 1. The molecule has 3 aromatic carbocycles. The van der Waals surface area contributed by atoms with Gasteiger partial charge in [-0.05, 0) is 80.6 Å². The van der Waals surface area contributed by atoms with Gasteiger partial charge in [0, 0.05) is 11.3 Å². The molecule has 0 saturated heterocycles. The van der Waals surface area contributed by atoms with Crippen LogP contribution in [0.2, 0.25) is 0 Å². The van der Waals surface area contributed by atoms with E-state index in [2.05, 4.69) is 54.5 Å². The number of aryl methyl sites for hydroxylation is 2. The Morgan fingerprint density at radius 3 is 2.44 bits per heavy atom. The average molecular weight is 455 g/mol. The molecule has 34 heavy (non-hydrogen) atoms. The third-order valence-electron chi connectivity index (χ3n) is 6.47. The van der Waals surface area contributed by atoms with Crippen LogP contribution in [0.4, 0.5) is 5.69 Å². The summed E-state index contributed by atoms with van der Waals surface area (Å²) in [6.45, 7) is 4.06. The molecular weight excluding hydrogens is 424 g/mol. The number of hydrogen-bond donors (Lipinski definition) is 1. The van der Waals surface area contributed by atoms with Crippen molar-refractivity contribution in [3.05, 3.63) is 77.4 Å². The Labute approximate surface area is 200 Å². The first-order valence-electron chi connectivity index (χ1n) is 12.1. The van der Waals surface area contributed by atoms with Crippen LogP contribution in [-0.4, -0.2) is 17.5 Å². The summed E-state index contributed by atoms with van der Waals surface area (Å²) < 4.78 is 11.6. The maximum absolute atomic E-state index is 12.5. The van der Waals surface area contributed by atoms with Gasteiger partial charge in [-0.1, -0.05) is 48.6 Å².